The highest BCUT2D eigenvalue weighted by Crippen LogP contribution is 2.57. The van der Waals surface area contributed by atoms with E-state index in [9.17, 15) is 0 Å². The molecule has 0 aromatic heterocycles. The lowest BCUT2D eigenvalue weighted by Gasteiger charge is -2.15. The van der Waals surface area contributed by atoms with E-state index in [1.807, 2.05) is 0 Å². The smallest absolute Gasteiger partial charge is 0.00978 e. The van der Waals surface area contributed by atoms with Crippen LogP contribution in [-0.2, 0) is 0 Å². The molecule has 0 aromatic carbocycles. The summed E-state index contributed by atoms with van der Waals surface area (Å²) in [6.45, 7) is 2.30. The molecule has 1 nitrogen and oxygen atoms in total. The highest BCUT2D eigenvalue weighted by molar-refractivity contribution is 5.04. The topological polar surface area (TPSA) is 12.0 Å². The Kier molecular flexibility index (Phi) is 3.48. The lowest BCUT2D eigenvalue weighted by atomic mass is 10.0. The highest BCUT2D eigenvalue weighted by atomic mass is 14.9. The van der Waals surface area contributed by atoms with E-state index in [0.29, 0.717) is 0 Å². The van der Waals surface area contributed by atoms with Crippen LogP contribution in [0.1, 0.15) is 51.9 Å². The van der Waals surface area contributed by atoms with Crippen molar-refractivity contribution < 1.29 is 0 Å². The summed E-state index contributed by atoms with van der Waals surface area (Å²) in [5.74, 6) is 3.27. The Morgan fingerprint density at radius 3 is 2.36 bits per heavy atom. The van der Waals surface area contributed by atoms with Crippen molar-refractivity contribution in [1.82, 2.24) is 5.32 Å². The van der Waals surface area contributed by atoms with E-state index in [-0.39, 0.29) is 0 Å². The Balaban J connectivity index is 1.81. The minimum Gasteiger partial charge on any atom is -0.317 e. The number of fused-ring (bicyclic) bond motifs is 1. The molecule has 0 bridgehead atoms. The molecule has 82 valence electrons. The van der Waals surface area contributed by atoms with E-state index in [2.05, 4.69) is 19.3 Å². The predicted molar refractivity (Wildman–Crippen MR) is 61.3 cm³/mol. The van der Waals surface area contributed by atoms with Crippen molar-refractivity contribution in [1.29, 1.82) is 0 Å². The van der Waals surface area contributed by atoms with E-state index < -0.39 is 0 Å². The second-order valence-corrected chi connectivity index (χ2v) is 5.23. The summed E-state index contributed by atoms with van der Waals surface area (Å²) in [7, 11) is 2.16. The van der Waals surface area contributed by atoms with Gasteiger partial charge in [-0.05, 0) is 44.1 Å². The van der Waals surface area contributed by atoms with Crippen LogP contribution in [0.2, 0.25) is 0 Å². The van der Waals surface area contributed by atoms with Crippen molar-refractivity contribution in [2.75, 3.05) is 7.05 Å². The molecule has 1 heteroatoms. The Bertz CT molecular complexity index is 166. The van der Waals surface area contributed by atoms with E-state index in [0.717, 1.165) is 23.8 Å². The van der Waals surface area contributed by atoms with Gasteiger partial charge in [-0.25, -0.2) is 0 Å². The van der Waals surface area contributed by atoms with Crippen LogP contribution in [0.25, 0.3) is 0 Å². The van der Waals surface area contributed by atoms with Gasteiger partial charge >= 0.3 is 0 Å². The number of nitrogens with one attached hydrogen (secondary N) is 1. The summed E-state index contributed by atoms with van der Waals surface area (Å²) in [6.07, 6.45) is 10.2. The maximum Gasteiger partial charge on any atom is 0.00978 e. The average molecular weight is 195 g/mol. The Morgan fingerprint density at radius 1 is 1.21 bits per heavy atom. The normalized spacial score (nSPS) is 37.7. The lowest BCUT2D eigenvalue weighted by molar-refractivity contribution is 0.422. The first-order valence-corrected chi connectivity index (χ1v) is 6.55. The van der Waals surface area contributed by atoms with E-state index >= 15 is 0 Å². The summed E-state index contributed by atoms with van der Waals surface area (Å²) in [4.78, 5) is 0. The van der Waals surface area contributed by atoms with Crippen LogP contribution < -0.4 is 5.32 Å². The van der Waals surface area contributed by atoms with Crippen LogP contribution in [-0.4, -0.2) is 13.1 Å². The first-order chi connectivity index (χ1) is 6.88. The molecule has 0 spiro atoms. The van der Waals surface area contributed by atoms with Gasteiger partial charge in [0.15, 0.2) is 0 Å². The molecule has 0 heterocycles. The van der Waals surface area contributed by atoms with Crippen LogP contribution in [0, 0.1) is 17.8 Å². The van der Waals surface area contributed by atoms with Gasteiger partial charge < -0.3 is 5.32 Å². The molecule has 2 aliphatic carbocycles. The zero-order valence-corrected chi connectivity index (χ0v) is 9.76. The summed E-state index contributed by atoms with van der Waals surface area (Å²) < 4.78 is 0. The predicted octanol–water partition coefficient (Wildman–Crippen LogP) is 3.20. The SMILES string of the molecule is CCCCC(NC)C1C2CCCCC21. The van der Waals surface area contributed by atoms with Crippen LogP contribution in [0.3, 0.4) is 0 Å². The monoisotopic (exact) mass is 195 g/mol. The summed E-state index contributed by atoms with van der Waals surface area (Å²) in [6, 6.07) is 0.836. The zero-order valence-electron chi connectivity index (χ0n) is 9.76. The molecule has 0 aromatic rings. The minimum atomic E-state index is 0.836. The zero-order chi connectivity index (χ0) is 9.97. The summed E-state index contributed by atoms with van der Waals surface area (Å²) >= 11 is 0. The van der Waals surface area contributed by atoms with E-state index in [4.69, 9.17) is 0 Å². The summed E-state index contributed by atoms with van der Waals surface area (Å²) in [5, 5.41) is 3.56. The number of unbranched alkanes of at least 4 members (excludes halogenated alkanes) is 1. The maximum absolute atomic E-state index is 3.56. The van der Waals surface area contributed by atoms with Crippen LogP contribution >= 0.6 is 0 Å². The van der Waals surface area contributed by atoms with Gasteiger partial charge in [-0.2, -0.15) is 0 Å². The third kappa shape index (κ3) is 1.98. The Hall–Kier alpha value is -0.0400. The van der Waals surface area contributed by atoms with Crippen LogP contribution in [0.5, 0.6) is 0 Å². The summed E-state index contributed by atoms with van der Waals surface area (Å²) in [5.41, 5.74) is 0. The molecule has 2 rings (SSSR count). The molecule has 3 atom stereocenters. The third-order valence-electron chi connectivity index (χ3n) is 4.43. The fraction of sp³-hybridized carbons (Fsp3) is 1.00. The molecular formula is C13H25N. The van der Waals surface area contributed by atoms with Crippen molar-refractivity contribution in [3.8, 4) is 0 Å². The third-order valence-corrected chi connectivity index (χ3v) is 4.43. The fourth-order valence-corrected chi connectivity index (χ4v) is 3.60. The quantitative estimate of drug-likeness (QED) is 0.710. The highest BCUT2D eigenvalue weighted by Gasteiger charge is 2.53. The first kappa shape index (κ1) is 10.5. The molecule has 0 amide bonds. The van der Waals surface area contributed by atoms with Crippen LogP contribution in [0.15, 0.2) is 0 Å². The Labute approximate surface area is 88.7 Å². The molecule has 3 unspecified atom stereocenters. The Morgan fingerprint density at radius 2 is 1.86 bits per heavy atom. The minimum absolute atomic E-state index is 0.836. The lowest BCUT2D eigenvalue weighted by Crippen LogP contribution is -2.28. The van der Waals surface area contributed by atoms with Crippen molar-refractivity contribution in [2.45, 2.75) is 57.9 Å². The van der Waals surface area contributed by atoms with Gasteiger partial charge in [0.05, 0.1) is 0 Å². The second-order valence-electron chi connectivity index (χ2n) is 5.23. The van der Waals surface area contributed by atoms with Gasteiger partial charge in [0.25, 0.3) is 0 Å². The molecular weight excluding hydrogens is 170 g/mol. The van der Waals surface area contributed by atoms with E-state index in [1.165, 1.54) is 44.9 Å². The second kappa shape index (κ2) is 4.65. The maximum atomic E-state index is 3.56. The molecule has 2 saturated carbocycles. The fourth-order valence-electron chi connectivity index (χ4n) is 3.60. The van der Waals surface area contributed by atoms with Gasteiger partial charge in [-0.15, -0.1) is 0 Å². The molecule has 2 aliphatic rings. The van der Waals surface area contributed by atoms with Crippen molar-refractivity contribution in [2.24, 2.45) is 17.8 Å². The number of hydrogen-bond acceptors (Lipinski definition) is 1. The van der Waals surface area contributed by atoms with Crippen molar-refractivity contribution >= 4 is 0 Å². The molecule has 14 heavy (non-hydrogen) atoms. The van der Waals surface area contributed by atoms with Gasteiger partial charge in [-0.3, -0.25) is 0 Å². The molecule has 2 fully saturated rings. The molecule has 0 aliphatic heterocycles. The van der Waals surface area contributed by atoms with Crippen molar-refractivity contribution in [3.63, 3.8) is 0 Å². The van der Waals surface area contributed by atoms with Crippen LogP contribution in [0.4, 0.5) is 0 Å². The van der Waals surface area contributed by atoms with E-state index in [1.54, 1.807) is 0 Å². The van der Waals surface area contributed by atoms with Gasteiger partial charge in [0, 0.05) is 6.04 Å². The molecule has 0 radical (unpaired) electrons. The largest absolute Gasteiger partial charge is 0.317 e. The van der Waals surface area contributed by atoms with Crippen molar-refractivity contribution in [3.05, 3.63) is 0 Å². The standard InChI is InChI=1S/C13H25N/c1-3-4-9-12(14-2)13-10-7-5-6-8-11(10)13/h10-14H,3-9H2,1-2H3. The molecule has 1 N–H and O–H groups in total. The van der Waals surface area contributed by atoms with Gasteiger partial charge in [0.1, 0.15) is 0 Å². The van der Waals surface area contributed by atoms with Gasteiger partial charge in [-0.1, -0.05) is 32.6 Å². The number of rotatable bonds is 5. The first-order valence-electron chi connectivity index (χ1n) is 6.55. The van der Waals surface area contributed by atoms with Gasteiger partial charge in [0.2, 0.25) is 0 Å². The number of hydrogen-bond donors (Lipinski definition) is 1. The molecule has 0 saturated heterocycles. The average Bonchev–Trinajstić information content (AvgIpc) is 2.94.